The topological polar surface area (TPSA) is 32.8 Å². The van der Waals surface area contributed by atoms with Gasteiger partial charge in [0.1, 0.15) is 5.75 Å². The van der Waals surface area contributed by atoms with Gasteiger partial charge in [-0.25, -0.2) is 0 Å². The second-order valence-electron chi connectivity index (χ2n) is 7.70. The van der Waals surface area contributed by atoms with Gasteiger partial charge in [0.2, 0.25) is 5.91 Å². The van der Waals surface area contributed by atoms with Crippen LogP contribution in [0.3, 0.4) is 0 Å². The molecule has 0 aliphatic carbocycles. The van der Waals surface area contributed by atoms with E-state index in [1.807, 2.05) is 17.0 Å². The maximum absolute atomic E-state index is 12.2. The van der Waals surface area contributed by atoms with Crippen molar-refractivity contribution in [3.8, 4) is 5.75 Å². The Kier molecular flexibility index (Phi) is 6.55. The van der Waals surface area contributed by atoms with Crippen molar-refractivity contribution in [1.29, 1.82) is 0 Å². The second kappa shape index (κ2) is 8.89. The molecule has 2 unspecified atom stereocenters. The fraction of sp³-hybridized carbons (Fsp3) is 0.500. The Hall–Kier alpha value is -1.85. The predicted molar refractivity (Wildman–Crippen MR) is 111 cm³/mol. The van der Waals surface area contributed by atoms with E-state index in [-0.39, 0.29) is 11.9 Å². The van der Waals surface area contributed by atoms with Crippen molar-refractivity contribution in [1.82, 2.24) is 9.80 Å². The SMILES string of the molecule is COc1ccccc1C1CN(Cc2ccsc2)CC1CN(C(C)=O)C(C)C. The molecule has 1 aliphatic heterocycles. The minimum Gasteiger partial charge on any atom is -0.496 e. The van der Waals surface area contributed by atoms with Crippen molar-refractivity contribution in [2.75, 3.05) is 26.7 Å². The number of para-hydroxylation sites is 1. The van der Waals surface area contributed by atoms with Gasteiger partial charge in [-0.1, -0.05) is 18.2 Å². The minimum absolute atomic E-state index is 0.153. The molecule has 0 radical (unpaired) electrons. The van der Waals surface area contributed by atoms with E-state index in [4.69, 9.17) is 4.74 Å². The fourth-order valence-corrected chi connectivity index (χ4v) is 4.86. The van der Waals surface area contributed by atoms with E-state index in [9.17, 15) is 4.79 Å². The van der Waals surface area contributed by atoms with E-state index in [1.54, 1.807) is 25.4 Å². The first-order valence-electron chi connectivity index (χ1n) is 9.63. The molecule has 0 saturated carbocycles. The molecule has 1 saturated heterocycles. The Labute approximate surface area is 166 Å². The zero-order valence-corrected chi connectivity index (χ0v) is 17.5. The minimum atomic E-state index is 0.153. The number of likely N-dealkylation sites (tertiary alicyclic amines) is 1. The highest BCUT2D eigenvalue weighted by Crippen LogP contribution is 2.38. The van der Waals surface area contributed by atoms with Crippen LogP contribution >= 0.6 is 11.3 Å². The lowest BCUT2D eigenvalue weighted by molar-refractivity contribution is -0.131. The van der Waals surface area contributed by atoms with E-state index in [0.29, 0.717) is 11.8 Å². The van der Waals surface area contributed by atoms with Crippen LogP contribution in [0, 0.1) is 5.92 Å². The summed E-state index contributed by atoms with van der Waals surface area (Å²) in [5.41, 5.74) is 2.62. The number of ether oxygens (including phenoxy) is 1. The highest BCUT2D eigenvalue weighted by atomic mass is 32.1. The largest absolute Gasteiger partial charge is 0.496 e. The highest BCUT2D eigenvalue weighted by Gasteiger charge is 2.37. The predicted octanol–water partition coefficient (Wildman–Crippen LogP) is 4.23. The maximum atomic E-state index is 12.2. The van der Waals surface area contributed by atoms with E-state index in [2.05, 4.69) is 47.7 Å². The number of hydrogen-bond donors (Lipinski definition) is 0. The van der Waals surface area contributed by atoms with Gasteiger partial charge in [-0.05, 0) is 53.8 Å². The summed E-state index contributed by atoms with van der Waals surface area (Å²) in [4.78, 5) is 16.7. The number of thiophene rings is 1. The molecule has 1 fully saturated rings. The van der Waals surface area contributed by atoms with E-state index in [1.165, 1.54) is 11.1 Å². The first kappa shape index (κ1) is 19.9. The lowest BCUT2D eigenvalue weighted by Crippen LogP contribution is -2.40. The summed E-state index contributed by atoms with van der Waals surface area (Å²) in [7, 11) is 1.74. The van der Waals surface area contributed by atoms with Gasteiger partial charge in [-0.15, -0.1) is 0 Å². The zero-order chi connectivity index (χ0) is 19.4. The Morgan fingerprint density at radius 2 is 2.07 bits per heavy atom. The number of methoxy groups -OCH3 is 1. The normalized spacial score (nSPS) is 20.2. The lowest BCUT2D eigenvalue weighted by atomic mass is 9.87. The molecule has 1 amide bonds. The van der Waals surface area contributed by atoms with Gasteiger partial charge in [-0.2, -0.15) is 11.3 Å². The molecule has 5 heteroatoms. The fourth-order valence-electron chi connectivity index (χ4n) is 4.20. The van der Waals surface area contributed by atoms with Crippen LogP contribution in [0.1, 0.15) is 37.8 Å². The first-order chi connectivity index (χ1) is 13.0. The summed E-state index contributed by atoms with van der Waals surface area (Å²) >= 11 is 1.75. The van der Waals surface area contributed by atoms with Crippen LogP contribution in [0.5, 0.6) is 5.75 Å². The van der Waals surface area contributed by atoms with Crippen LogP contribution in [0.2, 0.25) is 0 Å². The molecule has 4 nitrogen and oxygen atoms in total. The molecule has 3 rings (SSSR count). The van der Waals surface area contributed by atoms with E-state index < -0.39 is 0 Å². The summed E-state index contributed by atoms with van der Waals surface area (Å²) in [5.74, 6) is 1.86. The van der Waals surface area contributed by atoms with Crippen LogP contribution in [-0.2, 0) is 11.3 Å². The molecule has 0 N–H and O–H groups in total. The molecule has 146 valence electrons. The van der Waals surface area contributed by atoms with E-state index >= 15 is 0 Å². The molecule has 2 atom stereocenters. The van der Waals surface area contributed by atoms with Crippen molar-refractivity contribution < 1.29 is 9.53 Å². The number of rotatable bonds is 7. The third-order valence-corrected chi connectivity index (χ3v) is 6.23. The van der Waals surface area contributed by atoms with Crippen LogP contribution in [0.15, 0.2) is 41.1 Å². The monoisotopic (exact) mass is 386 g/mol. The van der Waals surface area contributed by atoms with Crippen molar-refractivity contribution in [3.05, 3.63) is 52.2 Å². The maximum Gasteiger partial charge on any atom is 0.219 e. The molecule has 27 heavy (non-hydrogen) atoms. The van der Waals surface area contributed by atoms with Crippen LogP contribution in [0.4, 0.5) is 0 Å². The number of benzene rings is 1. The van der Waals surface area contributed by atoms with Gasteiger partial charge in [-0.3, -0.25) is 9.69 Å². The third-order valence-electron chi connectivity index (χ3n) is 5.50. The number of carbonyl (C=O) groups is 1. The standard InChI is InChI=1S/C22H30N2O2S/c1-16(2)24(17(3)25)13-19-12-23(11-18-9-10-27-15-18)14-21(19)20-7-5-6-8-22(20)26-4/h5-10,15-16,19,21H,11-14H2,1-4H3. The van der Waals surface area contributed by atoms with Gasteiger partial charge in [0.15, 0.2) is 0 Å². The average Bonchev–Trinajstić information content (AvgIpc) is 3.29. The van der Waals surface area contributed by atoms with Gasteiger partial charge < -0.3 is 9.64 Å². The summed E-state index contributed by atoms with van der Waals surface area (Å²) < 4.78 is 5.65. The van der Waals surface area contributed by atoms with Gasteiger partial charge >= 0.3 is 0 Å². The van der Waals surface area contributed by atoms with Crippen LogP contribution < -0.4 is 4.74 Å². The quantitative estimate of drug-likeness (QED) is 0.714. The summed E-state index contributed by atoms with van der Waals surface area (Å²) in [6.45, 7) is 9.61. The van der Waals surface area contributed by atoms with Crippen molar-refractivity contribution in [2.24, 2.45) is 5.92 Å². The summed E-state index contributed by atoms with van der Waals surface area (Å²) in [5, 5.41) is 4.36. The zero-order valence-electron chi connectivity index (χ0n) is 16.7. The molecule has 0 spiro atoms. The summed E-state index contributed by atoms with van der Waals surface area (Å²) in [6, 6.07) is 10.7. The Bertz CT molecular complexity index is 745. The van der Waals surface area contributed by atoms with E-state index in [0.717, 1.165) is 31.9 Å². The lowest BCUT2D eigenvalue weighted by Gasteiger charge is -2.31. The average molecular weight is 387 g/mol. The molecule has 1 aliphatic rings. The molecule has 1 aromatic carbocycles. The van der Waals surface area contributed by atoms with Gasteiger partial charge in [0.05, 0.1) is 7.11 Å². The Morgan fingerprint density at radius 3 is 2.70 bits per heavy atom. The number of hydrogen-bond acceptors (Lipinski definition) is 4. The van der Waals surface area contributed by atoms with Gasteiger partial charge in [0.25, 0.3) is 0 Å². The smallest absolute Gasteiger partial charge is 0.219 e. The number of amides is 1. The highest BCUT2D eigenvalue weighted by molar-refractivity contribution is 7.07. The molecular weight excluding hydrogens is 356 g/mol. The molecule has 0 bridgehead atoms. The van der Waals surface area contributed by atoms with Crippen LogP contribution in [-0.4, -0.2) is 48.5 Å². The van der Waals surface area contributed by atoms with Gasteiger partial charge in [0, 0.05) is 45.1 Å². The molecular formula is C22H30N2O2S. The Morgan fingerprint density at radius 1 is 1.30 bits per heavy atom. The molecule has 2 aromatic rings. The van der Waals surface area contributed by atoms with Crippen molar-refractivity contribution in [2.45, 2.75) is 39.3 Å². The van der Waals surface area contributed by atoms with Crippen molar-refractivity contribution >= 4 is 17.2 Å². The van der Waals surface area contributed by atoms with Crippen molar-refractivity contribution in [3.63, 3.8) is 0 Å². The Balaban J connectivity index is 1.85. The molecule has 1 aromatic heterocycles. The third kappa shape index (κ3) is 4.71. The first-order valence-corrected chi connectivity index (χ1v) is 10.6. The molecule has 2 heterocycles. The second-order valence-corrected chi connectivity index (χ2v) is 8.48. The number of carbonyl (C=O) groups excluding carboxylic acids is 1. The van der Waals surface area contributed by atoms with Crippen LogP contribution in [0.25, 0.3) is 0 Å². The number of nitrogens with zero attached hydrogens (tertiary/aromatic N) is 2. The summed E-state index contributed by atoms with van der Waals surface area (Å²) in [6.07, 6.45) is 0.